The summed E-state index contributed by atoms with van der Waals surface area (Å²) in [7, 11) is 0. The zero-order chi connectivity index (χ0) is 15.1. The van der Waals surface area contributed by atoms with Gasteiger partial charge in [-0.2, -0.15) is 5.26 Å². The van der Waals surface area contributed by atoms with Gasteiger partial charge in [-0.1, -0.05) is 38.3 Å². The van der Waals surface area contributed by atoms with E-state index in [-0.39, 0.29) is 5.97 Å². The third-order valence-electron chi connectivity index (χ3n) is 3.41. The molecule has 2 aromatic rings. The normalized spacial score (nSPS) is 10.3. The van der Waals surface area contributed by atoms with E-state index in [2.05, 4.69) is 13.0 Å². The van der Waals surface area contributed by atoms with Crippen molar-refractivity contribution in [2.45, 2.75) is 39.0 Å². The summed E-state index contributed by atoms with van der Waals surface area (Å²) in [5, 5.41) is 10.8. The average molecular weight is 281 g/mol. The van der Waals surface area contributed by atoms with Crippen molar-refractivity contribution in [1.82, 2.24) is 0 Å². The molecule has 0 unspecified atom stereocenters. The quantitative estimate of drug-likeness (QED) is 0.442. The van der Waals surface area contributed by atoms with Crippen LogP contribution in [0.4, 0.5) is 0 Å². The number of nitriles is 1. The van der Waals surface area contributed by atoms with Crippen LogP contribution in [0.25, 0.3) is 10.8 Å². The van der Waals surface area contributed by atoms with Gasteiger partial charge in [-0.25, -0.2) is 0 Å². The Bertz CT molecular complexity index is 670. The van der Waals surface area contributed by atoms with Gasteiger partial charge in [-0.05, 0) is 41.5 Å². The van der Waals surface area contributed by atoms with Gasteiger partial charge in [0.2, 0.25) is 0 Å². The third kappa shape index (κ3) is 4.32. The van der Waals surface area contributed by atoms with Crippen LogP contribution < -0.4 is 4.74 Å². The molecule has 3 nitrogen and oxygen atoms in total. The van der Waals surface area contributed by atoms with Gasteiger partial charge < -0.3 is 4.74 Å². The summed E-state index contributed by atoms with van der Waals surface area (Å²) in [5.74, 6) is 0.381. The summed E-state index contributed by atoms with van der Waals surface area (Å²) in [4.78, 5) is 11.7. The number of hydrogen-bond acceptors (Lipinski definition) is 3. The van der Waals surface area contributed by atoms with Crippen molar-refractivity contribution in [2.75, 3.05) is 0 Å². The van der Waals surface area contributed by atoms with Gasteiger partial charge in [0.1, 0.15) is 5.75 Å². The highest BCUT2D eigenvalue weighted by atomic mass is 16.5. The average Bonchev–Trinajstić information content (AvgIpc) is 2.51. The lowest BCUT2D eigenvalue weighted by Crippen LogP contribution is -2.07. The Morgan fingerprint density at radius 3 is 2.62 bits per heavy atom. The van der Waals surface area contributed by atoms with Gasteiger partial charge in [0.25, 0.3) is 0 Å². The van der Waals surface area contributed by atoms with E-state index in [1.807, 2.05) is 24.3 Å². The van der Waals surface area contributed by atoms with Crippen molar-refractivity contribution >= 4 is 16.7 Å². The molecule has 0 aliphatic rings. The maximum Gasteiger partial charge on any atom is 0.311 e. The summed E-state index contributed by atoms with van der Waals surface area (Å²) in [6.45, 7) is 2.14. The first-order valence-electron chi connectivity index (χ1n) is 7.37. The summed E-state index contributed by atoms with van der Waals surface area (Å²) in [6.07, 6.45) is 4.73. The van der Waals surface area contributed by atoms with Crippen LogP contribution in [0.15, 0.2) is 36.4 Å². The number of nitrogens with zero attached hydrogens (tertiary/aromatic N) is 1. The van der Waals surface area contributed by atoms with Crippen LogP contribution >= 0.6 is 0 Å². The molecule has 0 N–H and O–H groups in total. The number of ether oxygens (including phenoxy) is 1. The zero-order valence-corrected chi connectivity index (χ0v) is 12.3. The van der Waals surface area contributed by atoms with Crippen molar-refractivity contribution in [3.05, 3.63) is 42.0 Å². The summed E-state index contributed by atoms with van der Waals surface area (Å²) >= 11 is 0. The van der Waals surface area contributed by atoms with Crippen LogP contribution in [-0.4, -0.2) is 5.97 Å². The monoisotopic (exact) mass is 281 g/mol. The first kappa shape index (κ1) is 15.1. The number of fused-ring (bicyclic) bond motifs is 1. The van der Waals surface area contributed by atoms with Crippen LogP contribution in [0.1, 0.15) is 44.6 Å². The van der Waals surface area contributed by atoms with Crippen molar-refractivity contribution in [3.63, 3.8) is 0 Å². The molecular weight excluding hydrogens is 262 g/mol. The van der Waals surface area contributed by atoms with Crippen molar-refractivity contribution in [1.29, 1.82) is 5.26 Å². The maximum atomic E-state index is 11.7. The molecule has 108 valence electrons. The molecule has 0 heterocycles. The van der Waals surface area contributed by atoms with Gasteiger partial charge in [0.05, 0.1) is 11.6 Å². The molecule has 0 aliphatic heterocycles. The molecule has 21 heavy (non-hydrogen) atoms. The molecule has 0 saturated carbocycles. The van der Waals surface area contributed by atoms with Crippen molar-refractivity contribution in [2.24, 2.45) is 0 Å². The standard InChI is InChI=1S/C18H19NO2/c1-2-3-4-5-6-18(20)21-17-10-9-15-11-14(13-19)7-8-16(15)12-17/h7-12H,2-6H2,1H3. The number of benzene rings is 2. The first-order chi connectivity index (χ1) is 10.2. The molecule has 0 fully saturated rings. The highest BCUT2D eigenvalue weighted by Gasteiger charge is 2.05. The minimum Gasteiger partial charge on any atom is -0.427 e. The summed E-state index contributed by atoms with van der Waals surface area (Å²) in [5.41, 5.74) is 0.628. The van der Waals surface area contributed by atoms with Crippen LogP contribution in [-0.2, 0) is 4.79 Å². The fraction of sp³-hybridized carbons (Fsp3) is 0.333. The van der Waals surface area contributed by atoms with E-state index in [0.717, 1.165) is 36.5 Å². The summed E-state index contributed by atoms with van der Waals surface area (Å²) in [6, 6.07) is 13.0. The molecule has 2 rings (SSSR count). The lowest BCUT2D eigenvalue weighted by Gasteiger charge is -2.06. The minimum atomic E-state index is -0.181. The van der Waals surface area contributed by atoms with E-state index in [1.165, 1.54) is 0 Å². The van der Waals surface area contributed by atoms with Crippen molar-refractivity contribution in [3.8, 4) is 11.8 Å². The molecule has 0 bridgehead atoms. The molecule has 0 spiro atoms. The fourth-order valence-electron chi connectivity index (χ4n) is 2.24. The number of carbonyl (C=O) groups is 1. The molecule has 0 atom stereocenters. The highest BCUT2D eigenvalue weighted by Crippen LogP contribution is 2.22. The second kappa shape index (κ2) is 7.44. The second-order valence-electron chi connectivity index (χ2n) is 5.12. The molecule has 0 aromatic heterocycles. The van der Waals surface area contributed by atoms with E-state index >= 15 is 0 Å². The van der Waals surface area contributed by atoms with Crippen molar-refractivity contribution < 1.29 is 9.53 Å². The SMILES string of the molecule is CCCCCCC(=O)Oc1ccc2cc(C#N)ccc2c1. The Morgan fingerprint density at radius 2 is 1.86 bits per heavy atom. The zero-order valence-electron chi connectivity index (χ0n) is 12.3. The van der Waals surface area contributed by atoms with Crippen LogP contribution in [0.5, 0.6) is 5.75 Å². The molecule has 0 amide bonds. The van der Waals surface area contributed by atoms with E-state index in [1.54, 1.807) is 12.1 Å². The van der Waals surface area contributed by atoms with Gasteiger partial charge in [0.15, 0.2) is 0 Å². The van der Waals surface area contributed by atoms with Crippen LogP contribution in [0, 0.1) is 11.3 Å². The molecule has 0 radical (unpaired) electrons. The lowest BCUT2D eigenvalue weighted by atomic mass is 10.1. The predicted molar refractivity (Wildman–Crippen MR) is 83.1 cm³/mol. The highest BCUT2D eigenvalue weighted by molar-refractivity contribution is 5.86. The minimum absolute atomic E-state index is 0.181. The molecule has 3 heteroatoms. The Hall–Kier alpha value is -2.34. The predicted octanol–water partition coefficient (Wildman–Crippen LogP) is 4.59. The van der Waals surface area contributed by atoms with E-state index in [4.69, 9.17) is 10.00 Å². The maximum absolute atomic E-state index is 11.7. The Kier molecular flexibility index (Phi) is 5.34. The number of carbonyl (C=O) groups excluding carboxylic acids is 1. The van der Waals surface area contributed by atoms with Gasteiger partial charge >= 0.3 is 5.97 Å². The largest absolute Gasteiger partial charge is 0.427 e. The third-order valence-corrected chi connectivity index (χ3v) is 3.41. The Balaban J connectivity index is 1.99. The molecular formula is C18H19NO2. The van der Waals surface area contributed by atoms with E-state index in [9.17, 15) is 4.79 Å². The lowest BCUT2D eigenvalue weighted by molar-refractivity contribution is -0.134. The van der Waals surface area contributed by atoms with Crippen LogP contribution in [0.2, 0.25) is 0 Å². The number of unbranched alkanes of at least 4 members (excludes halogenated alkanes) is 3. The first-order valence-corrected chi connectivity index (χ1v) is 7.37. The Morgan fingerprint density at radius 1 is 1.10 bits per heavy atom. The van der Waals surface area contributed by atoms with E-state index in [0.29, 0.717) is 17.7 Å². The Labute approximate surface area is 125 Å². The molecule has 2 aromatic carbocycles. The smallest absolute Gasteiger partial charge is 0.311 e. The molecule has 0 aliphatic carbocycles. The number of hydrogen-bond donors (Lipinski definition) is 0. The fourth-order valence-corrected chi connectivity index (χ4v) is 2.24. The molecule has 0 saturated heterocycles. The topological polar surface area (TPSA) is 50.1 Å². The van der Waals surface area contributed by atoms with Gasteiger partial charge in [0, 0.05) is 6.42 Å². The number of esters is 1. The van der Waals surface area contributed by atoms with Gasteiger partial charge in [-0.3, -0.25) is 4.79 Å². The number of rotatable bonds is 6. The van der Waals surface area contributed by atoms with Gasteiger partial charge in [-0.15, -0.1) is 0 Å². The summed E-state index contributed by atoms with van der Waals surface area (Å²) < 4.78 is 5.36. The van der Waals surface area contributed by atoms with Crippen LogP contribution in [0.3, 0.4) is 0 Å². The second-order valence-corrected chi connectivity index (χ2v) is 5.12. The van der Waals surface area contributed by atoms with E-state index < -0.39 is 0 Å².